The molecule has 1 N–H and O–H groups in total. The number of fused-ring (bicyclic) bond motifs is 1. The van der Waals surface area contributed by atoms with Gasteiger partial charge in [0, 0.05) is 31.9 Å². The third-order valence-electron chi connectivity index (χ3n) is 5.21. The summed E-state index contributed by atoms with van der Waals surface area (Å²) in [5.41, 5.74) is 4.57. The van der Waals surface area contributed by atoms with Crippen LogP contribution in [0.3, 0.4) is 0 Å². The van der Waals surface area contributed by atoms with Gasteiger partial charge in [-0.25, -0.2) is 0 Å². The molecule has 1 aliphatic heterocycles. The van der Waals surface area contributed by atoms with Crippen molar-refractivity contribution >= 4 is 17.4 Å². The summed E-state index contributed by atoms with van der Waals surface area (Å²) in [6, 6.07) is 10.1. The molecule has 1 aromatic heterocycles. The molecule has 0 atom stereocenters. The van der Waals surface area contributed by atoms with Gasteiger partial charge in [-0.05, 0) is 49.9 Å². The first-order valence-electron chi connectivity index (χ1n) is 9.37. The lowest BCUT2D eigenvalue weighted by molar-refractivity contribution is -0.117. The van der Waals surface area contributed by atoms with Crippen LogP contribution in [0.25, 0.3) is 0 Å². The number of anilines is 2. The summed E-state index contributed by atoms with van der Waals surface area (Å²) in [7, 11) is 0. The number of piperazine rings is 1. The second-order valence-corrected chi connectivity index (χ2v) is 7.21. The molecule has 4 rings (SSSR count). The van der Waals surface area contributed by atoms with Crippen molar-refractivity contribution in [1.29, 1.82) is 0 Å². The number of aryl methyl sites for hydroxylation is 3. The summed E-state index contributed by atoms with van der Waals surface area (Å²) >= 11 is 0. The molecule has 0 spiro atoms. The van der Waals surface area contributed by atoms with Gasteiger partial charge < -0.3 is 10.2 Å². The number of hydrogen-bond acceptors (Lipinski definition) is 5. The predicted octanol–water partition coefficient (Wildman–Crippen LogP) is 2.03. The zero-order valence-electron chi connectivity index (χ0n) is 15.2. The molecule has 26 heavy (non-hydrogen) atoms. The Hall–Kier alpha value is -2.47. The lowest BCUT2D eigenvalue weighted by atomic mass is 10.2. The number of rotatable bonds is 4. The van der Waals surface area contributed by atoms with E-state index in [1.807, 2.05) is 31.2 Å². The molecule has 0 saturated carbocycles. The van der Waals surface area contributed by atoms with Gasteiger partial charge in [-0.3, -0.25) is 9.69 Å². The molecule has 6 nitrogen and oxygen atoms in total. The maximum atomic E-state index is 12.3. The summed E-state index contributed by atoms with van der Waals surface area (Å²) in [6.07, 6.45) is 3.38. The third-order valence-corrected chi connectivity index (χ3v) is 5.21. The highest BCUT2D eigenvalue weighted by Crippen LogP contribution is 2.23. The van der Waals surface area contributed by atoms with Crippen LogP contribution in [0.1, 0.15) is 23.2 Å². The third kappa shape index (κ3) is 3.85. The largest absolute Gasteiger partial charge is 0.353 e. The maximum absolute atomic E-state index is 12.3. The van der Waals surface area contributed by atoms with Crippen LogP contribution in [0.15, 0.2) is 30.3 Å². The second kappa shape index (κ2) is 7.41. The highest BCUT2D eigenvalue weighted by Gasteiger charge is 2.22. The summed E-state index contributed by atoms with van der Waals surface area (Å²) in [5, 5.41) is 11.8. The predicted molar refractivity (Wildman–Crippen MR) is 103 cm³/mol. The van der Waals surface area contributed by atoms with E-state index in [2.05, 4.69) is 31.4 Å². The number of carbonyl (C=O) groups is 1. The molecule has 1 amide bonds. The number of nitrogens with one attached hydrogen (secondary N) is 1. The smallest absolute Gasteiger partial charge is 0.238 e. The minimum Gasteiger partial charge on any atom is -0.353 e. The van der Waals surface area contributed by atoms with Gasteiger partial charge in [0.25, 0.3) is 0 Å². The quantitative estimate of drug-likeness (QED) is 0.913. The van der Waals surface area contributed by atoms with E-state index < -0.39 is 0 Å². The van der Waals surface area contributed by atoms with Crippen molar-refractivity contribution in [2.75, 3.05) is 42.9 Å². The van der Waals surface area contributed by atoms with Gasteiger partial charge >= 0.3 is 0 Å². The van der Waals surface area contributed by atoms with E-state index in [4.69, 9.17) is 0 Å². The fourth-order valence-corrected chi connectivity index (χ4v) is 3.65. The first-order valence-corrected chi connectivity index (χ1v) is 9.37. The fourth-order valence-electron chi connectivity index (χ4n) is 3.65. The standard InChI is InChI=1S/C20H25N5O/c1-15-5-7-17(8-6-15)21-20(26)14-24-9-11-25(12-10-24)19-13-16-3-2-4-18(16)22-23-19/h5-8,13H,2-4,9-12,14H2,1H3,(H,21,26). The topological polar surface area (TPSA) is 61.4 Å². The van der Waals surface area contributed by atoms with Crippen LogP contribution < -0.4 is 10.2 Å². The number of carbonyl (C=O) groups excluding carboxylic acids is 1. The number of aromatic nitrogens is 2. The van der Waals surface area contributed by atoms with Gasteiger partial charge in [-0.15, -0.1) is 5.10 Å². The molecule has 1 saturated heterocycles. The van der Waals surface area contributed by atoms with E-state index in [-0.39, 0.29) is 5.91 Å². The molecular formula is C20H25N5O. The molecule has 2 aromatic rings. The van der Waals surface area contributed by atoms with Crippen molar-refractivity contribution in [3.05, 3.63) is 47.2 Å². The minimum atomic E-state index is 0.0413. The average molecular weight is 351 g/mol. The molecule has 0 bridgehead atoms. The van der Waals surface area contributed by atoms with Crippen molar-refractivity contribution in [3.63, 3.8) is 0 Å². The minimum absolute atomic E-state index is 0.0413. The highest BCUT2D eigenvalue weighted by atomic mass is 16.2. The molecule has 136 valence electrons. The number of nitrogens with zero attached hydrogens (tertiary/aromatic N) is 4. The van der Waals surface area contributed by atoms with Crippen LogP contribution in [0.2, 0.25) is 0 Å². The Morgan fingerprint density at radius 2 is 1.85 bits per heavy atom. The van der Waals surface area contributed by atoms with E-state index >= 15 is 0 Å². The zero-order valence-corrected chi connectivity index (χ0v) is 15.2. The molecule has 1 aliphatic carbocycles. The number of benzene rings is 1. The van der Waals surface area contributed by atoms with Gasteiger partial charge in [-0.1, -0.05) is 17.7 Å². The van der Waals surface area contributed by atoms with E-state index in [0.717, 1.165) is 50.5 Å². The molecule has 6 heteroatoms. The Kier molecular flexibility index (Phi) is 4.84. The Morgan fingerprint density at radius 1 is 1.08 bits per heavy atom. The Balaban J connectivity index is 1.28. The lowest BCUT2D eigenvalue weighted by Gasteiger charge is -2.34. The highest BCUT2D eigenvalue weighted by molar-refractivity contribution is 5.92. The number of amides is 1. The van der Waals surface area contributed by atoms with Crippen molar-refractivity contribution in [2.24, 2.45) is 0 Å². The van der Waals surface area contributed by atoms with Crippen molar-refractivity contribution < 1.29 is 4.79 Å². The monoisotopic (exact) mass is 351 g/mol. The lowest BCUT2D eigenvalue weighted by Crippen LogP contribution is -2.49. The second-order valence-electron chi connectivity index (χ2n) is 7.21. The Morgan fingerprint density at radius 3 is 2.62 bits per heavy atom. The molecule has 0 radical (unpaired) electrons. The number of hydrogen-bond donors (Lipinski definition) is 1. The molecule has 1 aromatic carbocycles. The SMILES string of the molecule is Cc1ccc(NC(=O)CN2CCN(c3cc4c(nn3)CCC4)CC2)cc1. The van der Waals surface area contributed by atoms with E-state index in [9.17, 15) is 4.79 Å². The molecule has 2 aliphatic rings. The van der Waals surface area contributed by atoms with Gasteiger partial charge in [0.1, 0.15) is 0 Å². The Labute approximate surface area is 154 Å². The van der Waals surface area contributed by atoms with E-state index in [1.165, 1.54) is 23.2 Å². The summed E-state index contributed by atoms with van der Waals surface area (Å²) in [6.45, 7) is 5.95. The molecule has 1 fully saturated rings. The van der Waals surface area contributed by atoms with Crippen LogP contribution in [-0.2, 0) is 17.6 Å². The van der Waals surface area contributed by atoms with Gasteiger partial charge in [0.05, 0.1) is 12.2 Å². The van der Waals surface area contributed by atoms with E-state index in [0.29, 0.717) is 6.54 Å². The summed E-state index contributed by atoms with van der Waals surface area (Å²) in [4.78, 5) is 16.7. The fraction of sp³-hybridized carbons (Fsp3) is 0.450. The molecule has 2 heterocycles. The van der Waals surface area contributed by atoms with Crippen LogP contribution >= 0.6 is 0 Å². The normalized spacial score (nSPS) is 17.2. The first-order chi connectivity index (χ1) is 12.7. The first kappa shape index (κ1) is 17.0. The zero-order chi connectivity index (χ0) is 17.9. The van der Waals surface area contributed by atoms with Crippen molar-refractivity contribution in [1.82, 2.24) is 15.1 Å². The molecular weight excluding hydrogens is 326 g/mol. The van der Waals surface area contributed by atoms with Crippen LogP contribution in [0.5, 0.6) is 0 Å². The van der Waals surface area contributed by atoms with Crippen LogP contribution in [0.4, 0.5) is 11.5 Å². The Bertz CT molecular complexity index is 781. The average Bonchev–Trinajstić information content (AvgIpc) is 3.12. The van der Waals surface area contributed by atoms with Crippen molar-refractivity contribution in [3.8, 4) is 0 Å². The maximum Gasteiger partial charge on any atom is 0.238 e. The van der Waals surface area contributed by atoms with Crippen LogP contribution in [-0.4, -0.2) is 53.7 Å². The van der Waals surface area contributed by atoms with Crippen LogP contribution in [0, 0.1) is 6.92 Å². The van der Waals surface area contributed by atoms with Gasteiger partial charge in [0.15, 0.2) is 5.82 Å². The van der Waals surface area contributed by atoms with Crippen molar-refractivity contribution in [2.45, 2.75) is 26.2 Å². The van der Waals surface area contributed by atoms with Gasteiger partial charge in [-0.2, -0.15) is 5.10 Å². The summed E-state index contributed by atoms with van der Waals surface area (Å²) in [5.74, 6) is 1.02. The molecule has 0 unspecified atom stereocenters. The summed E-state index contributed by atoms with van der Waals surface area (Å²) < 4.78 is 0. The van der Waals surface area contributed by atoms with Gasteiger partial charge in [0.2, 0.25) is 5.91 Å². The van der Waals surface area contributed by atoms with E-state index in [1.54, 1.807) is 0 Å².